The number of hydrogen-bond donors (Lipinski definition) is 1. The number of aromatic nitrogens is 1. The highest BCUT2D eigenvalue weighted by atomic mass is 16.5. The van der Waals surface area contributed by atoms with Crippen molar-refractivity contribution in [1.29, 1.82) is 0 Å². The zero-order chi connectivity index (χ0) is 12.1. The largest absolute Gasteiger partial charge is 0.477 e. The molecule has 0 spiro atoms. The fourth-order valence-electron chi connectivity index (χ4n) is 1.45. The van der Waals surface area contributed by atoms with E-state index in [2.05, 4.69) is 0 Å². The lowest BCUT2D eigenvalue weighted by atomic mass is 10.2. The van der Waals surface area contributed by atoms with Gasteiger partial charge in [-0.3, -0.25) is 4.79 Å². The van der Waals surface area contributed by atoms with Gasteiger partial charge in [0.1, 0.15) is 5.69 Å². The van der Waals surface area contributed by atoms with Gasteiger partial charge in [-0.15, -0.1) is 0 Å². The summed E-state index contributed by atoms with van der Waals surface area (Å²) in [7, 11) is 1.59. The van der Waals surface area contributed by atoms with Crippen LogP contribution in [-0.4, -0.2) is 35.1 Å². The predicted molar refractivity (Wildman–Crippen MR) is 57.9 cm³/mol. The van der Waals surface area contributed by atoms with Crippen LogP contribution in [0.2, 0.25) is 0 Å². The number of ether oxygens (including phenoxy) is 1. The number of carboxylic acid groups (broad SMARTS) is 1. The van der Waals surface area contributed by atoms with E-state index < -0.39 is 5.97 Å². The summed E-state index contributed by atoms with van der Waals surface area (Å²) < 4.78 is 6.46. The summed E-state index contributed by atoms with van der Waals surface area (Å²) in [4.78, 5) is 22.1. The van der Waals surface area contributed by atoms with Crippen molar-refractivity contribution >= 4 is 11.8 Å². The molecule has 1 aromatic heterocycles. The number of hydrogen-bond acceptors (Lipinski definition) is 3. The van der Waals surface area contributed by atoms with Crippen LogP contribution >= 0.6 is 0 Å². The van der Waals surface area contributed by atoms with Gasteiger partial charge in [0.15, 0.2) is 5.78 Å². The first-order valence-electron chi connectivity index (χ1n) is 4.99. The van der Waals surface area contributed by atoms with Crippen LogP contribution in [0.1, 0.15) is 34.2 Å². The molecule has 0 aliphatic rings. The summed E-state index contributed by atoms with van der Waals surface area (Å²) >= 11 is 0. The van der Waals surface area contributed by atoms with Crippen molar-refractivity contribution in [3.8, 4) is 0 Å². The molecular formula is C11H15NO4. The van der Waals surface area contributed by atoms with Crippen LogP contribution in [0.3, 0.4) is 0 Å². The molecular weight excluding hydrogens is 210 g/mol. The Kier molecular flexibility index (Phi) is 4.25. The molecule has 5 heteroatoms. The molecule has 0 saturated carbocycles. The fourth-order valence-corrected chi connectivity index (χ4v) is 1.45. The Balaban J connectivity index is 2.87. The van der Waals surface area contributed by atoms with Gasteiger partial charge in [-0.1, -0.05) is 0 Å². The average Bonchev–Trinajstić information content (AvgIpc) is 2.62. The van der Waals surface area contributed by atoms with Crippen LogP contribution in [0.15, 0.2) is 12.3 Å². The summed E-state index contributed by atoms with van der Waals surface area (Å²) in [5, 5.41) is 8.95. The van der Waals surface area contributed by atoms with Gasteiger partial charge in [0.2, 0.25) is 0 Å². The number of carbonyl (C=O) groups is 2. The summed E-state index contributed by atoms with van der Waals surface area (Å²) in [5.41, 5.74) is 0.566. The van der Waals surface area contributed by atoms with E-state index in [9.17, 15) is 9.59 Å². The number of methoxy groups -OCH3 is 1. The number of carboxylic acids is 1. The summed E-state index contributed by atoms with van der Waals surface area (Å²) in [5.74, 6) is -1.15. The number of aromatic carboxylic acids is 1. The lowest BCUT2D eigenvalue weighted by Gasteiger charge is -2.04. The highest BCUT2D eigenvalue weighted by Crippen LogP contribution is 2.10. The number of aryl methyl sites for hydroxylation is 1. The third-order valence-corrected chi connectivity index (χ3v) is 2.27. The molecule has 5 nitrogen and oxygen atoms in total. The van der Waals surface area contributed by atoms with Crippen molar-refractivity contribution in [1.82, 2.24) is 4.57 Å². The standard InChI is InChI=1S/C11H15NO4/c1-8(13)9-6-10(11(14)15)12(7-9)4-3-5-16-2/h6-7H,3-5H2,1-2H3,(H,14,15). The van der Waals surface area contributed by atoms with Crippen LogP contribution < -0.4 is 0 Å². The van der Waals surface area contributed by atoms with E-state index in [0.717, 1.165) is 0 Å². The molecule has 1 rings (SSSR count). The molecule has 0 amide bonds. The maximum atomic E-state index is 11.1. The molecule has 0 fully saturated rings. The first-order chi connectivity index (χ1) is 7.56. The maximum absolute atomic E-state index is 11.1. The van der Waals surface area contributed by atoms with Crippen LogP contribution in [0.4, 0.5) is 0 Å². The molecule has 0 bridgehead atoms. The van der Waals surface area contributed by atoms with Crippen molar-refractivity contribution in [3.63, 3.8) is 0 Å². The molecule has 1 N–H and O–H groups in total. The minimum Gasteiger partial charge on any atom is -0.477 e. The van der Waals surface area contributed by atoms with Crippen LogP contribution in [0.5, 0.6) is 0 Å². The highest BCUT2D eigenvalue weighted by Gasteiger charge is 2.14. The van der Waals surface area contributed by atoms with Gasteiger partial charge in [-0.05, 0) is 19.4 Å². The van der Waals surface area contributed by atoms with Gasteiger partial charge >= 0.3 is 5.97 Å². The zero-order valence-corrected chi connectivity index (χ0v) is 9.40. The lowest BCUT2D eigenvalue weighted by molar-refractivity contribution is 0.0684. The van der Waals surface area contributed by atoms with E-state index >= 15 is 0 Å². The number of carbonyl (C=O) groups excluding carboxylic acids is 1. The van der Waals surface area contributed by atoms with Crippen LogP contribution in [-0.2, 0) is 11.3 Å². The monoisotopic (exact) mass is 225 g/mol. The molecule has 0 radical (unpaired) electrons. The number of Topliss-reactive ketones (excluding diaryl/α,β-unsaturated/α-hetero) is 1. The zero-order valence-electron chi connectivity index (χ0n) is 9.40. The van der Waals surface area contributed by atoms with E-state index in [4.69, 9.17) is 9.84 Å². The molecule has 0 saturated heterocycles. The lowest BCUT2D eigenvalue weighted by Crippen LogP contribution is -2.08. The molecule has 0 aromatic carbocycles. The fraction of sp³-hybridized carbons (Fsp3) is 0.455. The molecule has 1 heterocycles. The Morgan fingerprint density at radius 1 is 1.50 bits per heavy atom. The van der Waals surface area contributed by atoms with Gasteiger partial charge in [0.05, 0.1) is 0 Å². The minimum atomic E-state index is -1.02. The SMILES string of the molecule is COCCCn1cc(C(C)=O)cc1C(=O)O. The van der Waals surface area contributed by atoms with Crippen molar-refractivity contribution in [3.05, 3.63) is 23.5 Å². The van der Waals surface area contributed by atoms with Gasteiger partial charge in [0.25, 0.3) is 0 Å². The Bertz CT molecular complexity index is 395. The average molecular weight is 225 g/mol. The molecule has 0 atom stereocenters. The first-order valence-corrected chi connectivity index (χ1v) is 4.99. The summed E-state index contributed by atoms with van der Waals surface area (Å²) in [6.07, 6.45) is 2.28. The molecule has 0 unspecified atom stereocenters. The molecule has 16 heavy (non-hydrogen) atoms. The van der Waals surface area contributed by atoms with Gasteiger partial charge in [-0.25, -0.2) is 4.79 Å². The van der Waals surface area contributed by atoms with Crippen molar-refractivity contribution in [2.24, 2.45) is 0 Å². The van der Waals surface area contributed by atoms with E-state index in [1.165, 1.54) is 13.0 Å². The van der Waals surface area contributed by atoms with Crippen LogP contribution in [0, 0.1) is 0 Å². The second-order valence-corrected chi connectivity index (χ2v) is 3.52. The second-order valence-electron chi connectivity index (χ2n) is 3.52. The Labute approximate surface area is 93.6 Å². The summed E-state index contributed by atoms with van der Waals surface area (Å²) in [6.45, 7) is 2.51. The van der Waals surface area contributed by atoms with Crippen molar-refractivity contribution in [2.75, 3.05) is 13.7 Å². The minimum absolute atomic E-state index is 0.131. The Morgan fingerprint density at radius 2 is 2.19 bits per heavy atom. The van der Waals surface area contributed by atoms with E-state index in [-0.39, 0.29) is 11.5 Å². The molecule has 1 aromatic rings. The number of rotatable bonds is 6. The summed E-state index contributed by atoms with van der Waals surface area (Å²) in [6, 6.07) is 1.40. The number of nitrogens with zero attached hydrogens (tertiary/aromatic N) is 1. The van der Waals surface area contributed by atoms with Crippen LogP contribution in [0.25, 0.3) is 0 Å². The van der Waals surface area contributed by atoms with Gasteiger partial charge in [0, 0.05) is 32.0 Å². The van der Waals surface area contributed by atoms with Crippen molar-refractivity contribution < 1.29 is 19.4 Å². The van der Waals surface area contributed by atoms with E-state index in [1.807, 2.05) is 0 Å². The Hall–Kier alpha value is -1.62. The van der Waals surface area contributed by atoms with E-state index in [0.29, 0.717) is 25.1 Å². The van der Waals surface area contributed by atoms with E-state index in [1.54, 1.807) is 17.9 Å². The third kappa shape index (κ3) is 2.93. The Morgan fingerprint density at radius 3 is 2.69 bits per heavy atom. The topological polar surface area (TPSA) is 68.5 Å². The molecule has 88 valence electrons. The third-order valence-electron chi connectivity index (χ3n) is 2.27. The number of ketones is 1. The normalized spacial score (nSPS) is 10.4. The van der Waals surface area contributed by atoms with Gasteiger partial charge < -0.3 is 14.4 Å². The van der Waals surface area contributed by atoms with Gasteiger partial charge in [-0.2, -0.15) is 0 Å². The predicted octanol–water partition coefficient (Wildman–Crippen LogP) is 1.43. The highest BCUT2D eigenvalue weighted by molar-refractivity contribution is 5.97. The second kappa shape index (κ2) is 5.46. The smallest absolute Gasteiger partial charge is 0.352 e. The molecule has 0 aliphatic heterocycles. The quantitative estimate of drug-likeness (QED) is 0.587. The van der Waals surface area contributed by atoms with Crippen molar-refractivity contribution in [2.45, 2.75) is 19.9 Å². The first kappa shape index (κ1) is 12.4. The maximum Gasteiger partial charge on any atom is 0.352 e. The molecule has 0 aliphatic carbocycles.